The second kappa shape index (κ2) is 4.38. The molecule has 0 saturated heterocycles. The lowest BCUT2D eigenvalue weighted by Gasteiger charge is -2.08. The molecule has 0 unspecified atom stereocenters. The highest BCUT2D eigenvalue weighted by Gasteiger charge is 2.13. The van der Waals surface area contributed by atoms with Crippen molar-refractivity contribution < 1.29 is 0 Å². The van der Waals surface area contributed by atoms with E-state index in [1.807, 2.05) is 23.6 Å². The molecular weight excluding hydrogens is 260 g/mol. The zero-order valence-corrected chi connectivity index (χ0v) is 11.9. The van der Waals surface area contributed by atoms with E-state index < -0.39 is 0 Å². The van der Waals surface area contributed by atoms with Gasteiger partial charge in [-0.3, -0.25) is 0 Å². The molecule has 4 nitrogen and oxygen atoms in total. The van der Waals surface area contributed by atoms with E-state index in [9.17, 15) is 0 Å². The van der Waals surface area contributed by atoms with Gasteiger partial charge in [0.2, 0.25) is 0 Å². The molecule has 2 heterocycles. The quantitative estimate of drug-likeness (QED) is 0.533. The third kappa shape index (κ3) is 1.80. The fourth-order valence-corrected chi connectivity index (χ4v) is 2.61. The molecule has 0 aliphatic carbocycles. The molecule has 0 aliphatic heterocycles. The standard InChI is InChI=1S/C17H14N4/c1-11-7-9-13(10-8-11)16-14-5-3-4-6-15(14)17-19-18-12(2)21(17)20-16/h3-10H,1-2H3. The summed E-state index contributed by atoms with van der Waals surface area (Å²) in [6.07, 6.45) is 0. The van der Waals surface area contributed by atoms with E-state index in [-0.39, 0.29) is 0 Å². The van der Waals surface area contributed by atoms with Crippen LogP contribution in [0.3, 0.4) is 0 Å². The summed E-state index contributed by atoms with van der Waals surface area (Å²) in [5.41, 5.74) is 4.11. The minimum atomic E-state index is 0.795. The van der Waals surface area contributed by atoms with Gasteiger partial charge >= 0.3 is 0 Å². The van der Waals surface area contributed by atoms with Gasteiger partial charge in [0.1, 0.15) is 0 Å². The molecule has 0 atom stereocenters. The van der Waals surface area contributed by atoms with Crippen molar-refractivity contribution in [2.75, 3.05) is 0 Å². The molecule has 2 aromatic carbocycles. The van der Waals surface area contributed by atoms with Crippen molar-refractivity contribution in [1.29, 1.82) is 0 Å². The Labute approximate surface area is 122 Å². The normalized spacial score (nSPS) is 11.3. The Hall–Kier alpha value is -2.75. The average molecular weight is 274 g/mol. The van der Waals surface area contributed by atoms with E-state index in [1.54, 1.807) is 0 Å². The summed E-state index contributed by atoms with van der Waals surface area (Å²) in [5.74, 6) is 0.795. The van der Waals surface area contributed by atoms with E-state index in [0.29, 0.717) is 0 Å². The third-order valence-electron chi connectivity index (χ3n) is 3.74. The van der Waals surface area contributed by atoms with Crippen LogP contribution in [-0.2, 0) is 0 Å². The highest BCUT2D eigenvalue weighted by Crippen LogP contribution is 2.28. The molecule has 102 valence electrons. The first-order chi connectivity index (χ1) is 10.2. The van der Waals surface area contributed by atoms with Crippen LogP contribution < -0.4 is 0 Å². The summed E-state index contributed by atoms with van der Waals surface area (Å²) >= 11 is 0. The maximum Gasteiger partial charge on any atom is 0.185 e. The number of nitrogens with zero attached hydrogens (tertiary/aromatic N) is 4. The highest BCUT2D eigenvalue weighted by molar-refractivity contribution is 6.01. The number of benzene rings is 2. The Bertz CT molecular complexity index is 952. The first-order valence-electron chi connectivity index (χ1n) is 6.92. The van der Waals surface area contributed by atoms with Crippen molar-refractivity contribution in [3.8, 4) is 11.3 Å². The molecule has 0 spiro atoms. The molecular formula is C17H14N4. The van der Waals surface area contributed by atoms with Crippen LogP contribution in [0.4, 0.5) is 0 Å². The second-order valence-electron chi connectivity index (χ2n) is 5.24. The van der Waals surface area contributed by atoms with Crippen LogP contribution in [0.25, 0.3) is 27.7 Å². The van der Waals surface area contributed by atoms with Crippen LogP contribution in [0.5, 0.6) is 0 Å². The van der Waals surface area contributed by atoms with Crippen LogP contribution in [-0.4, -0.2) is 19.8 Å². The molecule has 0 N–H and O–H groups in total. The van der Waals surface area contributed by atoms with Gasteiger partial charge in [-0.1, -0.05) is 54.1 Å². The zero-order valence-electron chi connectivity index (χ0n) is 11.9. The summed E-state index contributed by atoms with van der Waals surface area (Å²) in [4.78, 5) is 0. The van der Waals surface area contributed by atoms with Gasteiger partial charge in [0, 0.05) is 16.3 Å². The summed E-state index contributed by atoms with van der Waals surface area (Å²) in [6, 6.07) is 16.6. The average Bonchev–Trinajstić information content (AvgIpc) is 2.89. The first-order valence-corrected chi connectivity index (χ1v) is 6.92. The fraction of sp³-hybridized carbons (Fsp3) is 0.118. The summed E-state index contributed by atoms with van der Waals surface area (Å²) < 4.78 is 1.82. The molecule has 0 aliphatic rings. The lowest BCUT2D eigenvalue weighted by atomic mass is 10.0. The molecule has 0 bridgehead atoms. The van der Waals surface area contributed by atoms with Gasteiger partial charge in [0.05, 0.1) is 5.69 Å². The highest BCUT2D eigenvalue weighted by atomic mass is 15.4. The Morgan fingerprint density at radius 2 is 1.52 bits per heavy atom. The van der Waals surface area contributed by atoms with Crippen molar-refractivity contribution in [2.45, 2.75) is 13.8 Å². The van der Waals surface area contributed by atoms with Crippen molar-refractivity contribution in [3.05, 3.63) is 59.9 Å². The zero-order chi connectivity index (χ0) is 14.4. The summed E-state index contributed by atoms with van der Waals surface area (Å²) in [7, 11) is 0. The largest absolute Gasteiger partial charge is 0.196 e. The van der Waals surface area contributed by atoms with Gasteiger partial charge in [-0.05, 0) is 13.8 Å². The molecule has 2 aromatic heterocycles. The van der Waals surface area contributed by atoms with Gasteiger partial charge in [0.15, 0.2) is 11.5 Å². The van der Waals surface area contributed by atoms with Crippen molar-refractivity contribution in [2.24, 2.45) is 0 Å². The lowest BCUT2D eigenvalue weighted by molar-refractivity contribution is 0.886. The number of aryl methyl sites for hydroxylation is 2. The lowest BCUT2D eigenvalue weighted by Crippen LogP contribution is -1.99. The molecule has 0 radical (unpaired) electrons. The molecule has 4 aromatic rings. The van der Waals surface area contributed by atoms with Crippen LogP contribution in [0.2, 0.25) is 0 Å². The number of aromatic nitrogens is 4. The maximum absolute atomic E-state index is 4.75. The van der Waals surface area contributed by atoms with Gasteiger partial charge in [-0.25, -0.2) is 0 Å². The minimum absolute atomic E-state index is 0.795. The van der Waals surface area contributed by atoms with Gasteiger partial charge < -0.3 is 0 Å². The Morgan fingerprint density at radius 1 is 0.810 bits per heavy atom. The smallest absolute Gasteiger partial charge is 0.185 e. The Morgan fingerprint density at radius 3 is 2.29 bits per heavy atom. The third-order valence-corrected chi connectivity index (χ3v) is 3.74. The van der Waals surface area contributed by atoms with Crippen molar-refractivity contribution >= 4 is 16.4 Å². The maximum atomic E-state index is 4.75. The van der Waals surface area contributed by atoms with E-state index >= 15 is 0 Å². The van der Waals surface area contributed by atoms with Crippen LogP contribution in [0.1, 0.15) is 11.4 Å². The van der Waals surface area contributed by atoms with E-state index in [4.69, 9.17) is 5.10 Å². The summed E-state index contributed by atoms with van der Waals surface area (Å²) in [6.45, 7) is 4.00. The topological polar surface area (TPSA) is 43.1 Å². The Kier molecular flexibility index (Phi) is 2.51. The molecule has 4 rings (SSSR count). The summed E-state index contributed by atoms with van der Waals surface area (Å²) in [5, 5.41) is 15.3. The van der Waals surface area contributed by atoms with Gasteiger partial charge in [0.25, 0.3) is 0 Å². The predicted octanol–water partition coefficient (Wildman–Crippen LogP) is 3.56. The number of rotatable bonds is 1. The number of fused-ring (bicyclic) bond motifs is 3. The van der Waals surface area contributed by atoms with Crippen molar-refractivity contribution in [3.63, 3.8) is 0 Å². The minimum Gasteiger partial charge on any atom is -0.196 e. The van der Waals surface area contributed by atoms with Crippen LogP contribution in [0.15, 0.2) is 48.5 Å². The molecule has 0 amide bonds. The van der Waals surface area contributed by atoms with E-state index in [0.717, 1.165) is 33.5 Å². The number of hydrogen-bond acceptors (Lipinski definition) is 3. The van der Waals surface area contributed by atoms with Crippen LogP contribution in [0, 0.1) is 13.8 Å². The van der Waals surface area contributed by atoms with E-state index in [2.05, 4.69) is 53.5 Å². The SMILES string of the molecule is Cc1ccc(-c2nn3c(C)nnc3c3ccccc23)cc1. The molecule has 0 fully saturated rings. The van der Waals surface area contributed by atoms with Gasteiger partial charge in [-0.15, -0.1) is 10.2 Å². The first kappa shape index (κ1) is 12.0. The van der Waals surface area contributed by atoms with Crippen molar-refractivity contribution in [1.82, 2.24) is 19.8 Å². The fourth-order valence-electron chi connectivity index (χ4n) is 2.61. The predicted molar refractivity (Wildman–Crippen MR) is 83.2 cm³/mol. The Balaban J connectivity index is 2.15. The molecule has 4 heteroatoms. The van der Waals surface area contributed by atoms with E-state index in [1.165, 1.54) is 5.56 Å². The van der Waals surface area contributed by atoms with Crippen LogP contribution >= 0.6 is 0 Å². The monoisotopic (exact) mass is 274 g/mol. The molecule has 21 heavy (non-hydrogen) atoms. The van der Waals surface area contributed by atoms with Gasteiger partial charge in [-0.2, -0.15) is 9.61 Å². The number of hydrogen-bond donors (Lipinski definition) is 0. The molecule has 0 saturated carbocycles. The second-order valence-corrected chi connectivity index (χ2v) is 5.24.